The van der Waals surface area contributed by atoms with E-state index in [9.17, 15) is 9.59 Å². The van der Waals surface area contributed by atoms with Crippen LogP contribution in [0, 0.1) is 0 Å². The zero-order chi connectivity index (χ0) is 11.4. The first-order valence-corrected chi connectivity index (χ1v) is 4.88. The van der Waals surface area contributed by atoms with Crippen LogP contribution in [0.15, 0.2) is 0 Å². The number of rotatable bonds is 0. The van der Waals surface area contributed by atoms with Crippen LogP contribution in [-0.2, 0) is 9.53 Å². The van der Waals surface area contributed by atoms with E-state index in [1.165, 1.54) is 4.90 Å². The minimum Gasteiger partial charge on any atom is -0.444 e. The second-order valence-corrected chi connectivity index (χ2v) is 3.88. The second kappa shape index (κ2) is 4.98. The second-order valence-electron chi connectivity index (χ2n) is 3.88. The molecule has 0 unspecified atom stereocenters. The van der Waals surface area contributed by atoms with E-state index >= 15 is 0 Å². The van der Waals surface area contributed by atoms with Crippen LogP contribution in [0.2, 0.25) is 0 Å². The first kappa shape index (κ1) is 12.9. The van der Waals surface area contributed by atoms with Crippen molar-refractivity contribution >= 4 is 11.9 Å². The quantitative estimate of drug-likeness (QED) is 0.600. The van der Waals surface area contributed by atoms with E-state index in [-0.39, 0.29) is 18.9 Å². The summed E-state index contributed by atoms with van der Waals surface area (Å²) in [5, 5.41) is 0. The lowest BCUT2D eigenvalue weighted by Gasteiger charge is -2.31. The molecular formula is C10H19NO3. The Hall–Kier alpha value is -1.06. The summed E-state index contributed by atoms with van der Waals surface area (Å²) in [7, 11) is 0. The molecule has 0 bridgehead atoms. The highest BCUT2D eigenvalue weighted by Gasteiger charge is 2.31. The molecule has 1 aliphatic heterocycles. The third kappa shape index (κ3) is 4.25. The fourth-order valence-corrected chi connectivity index (χ4v) is 0.835. The van der Waals surface area contributed by atoms with Crippen molar-refractivity contribution in [1.82, 2.24) is 4.90 Å². The molecule has 0 aromatic carbocycles. The molecule has 82 valence electrons. The summed E-state index contributed by atoms with van der Waals surface area (Å²) < 4.78 is 5.02. The van der Waals surface area contributed by atoms with E-state index in [1.807, 2.05) is 13.8 Å². The van der Waals surface area contributed by atoms with Crippen molar-refractivity contribution in [3.8, 4) is 0 Å². The standard InChI is InChI=1S/C8H13NO3.C2H6/c1-8(2,3)12-7(11)9-4-6(10)5-9;1-2/h4-5H2,1-3H3;1-2H3. The molecule has 0 saturated carbocycles. The topological polar surface area (TPSA) is 46.6 Å². The molecule has 1 heterocycles. The molecule has 1 amide bonds. The summed E-state index contributed by atoms with van der Waals surface area (Å²) in [5.41, 5.74) is -0.476. The van der Waals surface area contributed by atoms with Gasteiger partial charge in [-0.25, -0.2) is 4.79 Å². The van der Waals surface area contributed by atoms with Gasteiger partial charge in [0, 0.05) is 0 Å². The molecule has 0 radical (unpaired) electrons. The van der Waals surface area contributed by atoms with Crippen molar-refractivity contribution in [2.75, 3.05) is 13.1 Å². The zero-order valence-corrected chi connectivity index (χ0v) is 9.59. The SMILES string of the molecule is CC.CC(C)(C)OC(=O)N1CC(=O)C1. The lowest BCUT2D eigenvalue weighted by molar-refractivity contribution is -0.128. The molecule has 0 atom stereocenters. The molecule has 1 saturated heterocycles. The van der Waals surface area contributed by atoms with Gasteiger partial charge in [0.2, 0.25) is 0 Å². The Kier molecular flexibility index (Phi) is 4.60. The Morgan fingerprint density at radius 2 is 1.71 bits per heavy atom. The molecule has 0 aromatic heterocycles. The number of ether oxygens (including phenoxy) is 1. The summed E-state index contributed by atoms with van der Waals surface area (Å²) in [4.78, 5) is 23.1. The minimum absolute atomic E-state index is 0.0841. The van der Waals surface area contributed by atoms with Crippen LogP contribution in [-0.4, -0.2) is 35.5 Å². The summed E-state index contributed by atoms with van der Waals surface area (Å²) in [5.74, 6) is 0.0841. The molecular weight excluding hydrogens is 182 g/mol. The van der Waals surface area contributed by atoms with Gasteiger partial charge in [0.05, 0.1) is 13.1 Å². The number of ketones is 1. The van der Waals surface area contributed by atoms with Gasteiger partial charge in [0.25, 0.3) is 0 Å². The average molecular weight is 201 g/mol. The highest BCUT2D eigenvalue weighted by Crippen LogP contribution is 2.12. The van der Waals surface area contributed by atoms with Crippen LogP contribution in [0.25, 0.3) is 0 Å². The molecule has 1 rings (SSSR count). The molecule has 4 nitrogen and oxygen atoms in total. The maximum atomic E-state index is 11.1. The smallest absolute Gasteiger partial charge is 0.411 e. The molecule has 4 heteroatoms. The monoisotopic (exact) mass is 201 g/mol. The maximum Gasteiger partial charge on any atom is 0.411 e. The summed E-state index contributed by atoms with van der Waals surface area (Å²) in [6.45, 7) is 9.80. The Bertz CT molecular complexity index is 210. The van der Waals surface area contributed by atoms with Crippen molar-refractivity contribution < 1.29 is 14.3 Å². The van der Waals surface area contributed by atoms with Crippen molar-refractivity contribution in [3.05, 3.63) is 0 Å². The molecule has 0 aliphatic carbocycles. The summed E-state index contributed by atoms with van der Waals surface area (Å²) >= 11 is 0. The van der Waals surface area contributed by atoms with Crippen LogP contribution in [0.1, 0.15) is 34.6 Å². The van der Waals surface area contributed by atoms with Gasteiger partial charge in [-0.2, -0.15) is 0 Å². The van der Waals surface area contributed by atoms with E-state index in [0.717, 1.165) is 0 Å². The third-order valence-corrected chi connectivity index (χ3v) is 1.39. The van der Waals surface area contributed by atoms with Gasteiger partial charge in [0.15, 0.2) is 5.78 Å². The van der Waals surface area contributed by atoms with Crippen molar-refractivity contribution in [3.63, 3.8) is 0 Å². The fraction of sp³-hybridized carbons (Fsp3) is 0.800. The van der Waals surface area contributed by atoms with Gasteiger partial charge in [-0.3, -0.25) is 9.69 Å². The van der Waals surface area contributed by atoms with E-state index in [4.69, 9.17) is 4.74 Å². The van der Waals surface area contributed by atoms with Crippen LogP contribution in [0.3, 0.4) is 0 Å². The van der Waals surface area contributed by atoms with Crippen LogP contribution in [0.4, 0.5) is 4.79 Å². The number of carbonyl (C=O) groups is 2. The molecule has 0 aromatic rings. The first-order chi connectivity index (χ1) is 6.38. The Labute approximate surface area is 85.2 Å². The Morgan fingerprint density at radius 3 is 2.00 bits per heavy atom. The molecule has 14 heavy (non-hydrogen) atoms. The van der Waals surface area contributed by atoms with Crippen LogP contribution < -0.4 is 0 Å². The highest BCUT2D eigenvalue weighted by atomic mass is 16.6. The average Bonchev–Trinajstić information content (AvgIpc) is 1.99. The Morgan fingerprint density at radius 1 is 1.29 bits per heavy atom. The maximum absolute atomic E-state index is 11.1. The van der Waals surface area contributed by atoms with Gasteiger partial charge in [0.1, 0.15) is 5.60 Å². The fourth-order valence-electron chi connectivity index (χ4n) is 0.835. The van der Waals surface area contributed by atoms with Gasteiger partial charge in [-0.05, 0) is 20.8 Å². The van der Waals surface area contributed by atoms with Gasteiger partial charge in [-0.1, -0.05) is 13.8 Å². The van der Waals surface area contributed by atoms with E-state index in [0.29, 0.717) is 0 Å². The van der Waals surface area contributed by atoms with Crippen molar-refractivity contribution in [1.29, 1.82) is 0 Å². The van der Waals surface area contributed by atoms with E-state index < -0.39 is 11.7 Å². The van der Waals surface area contributed by atoms with Crippen LogP contribution >= 0.6 is 0 Å². The summed E-state index contributed by atoms with van der Waals surface area (Å²) in [6, 6.07) is 0. The number of likely N-dealkylation sites (tertiary alicyclic amines) is 1. The van der Waals surface area contributed by atoms with E-state index in [1.54, 1.807) is 20.8 Å². The first-order valence-electron chi connectivity index (χ1n) is 4.88. The number of Topliss-reactive ketones (excluding diaryl/α,β-unsaturated/α-hetero) is 1. The summed E-state index contributed by atoms with van der Waals surface area (Å²) in [6.07, 6.45) is -0.401. The van der Waals surface area contributed by atoms with Gasteiger partial charge in [-0.15, -0.1) is 0 Å². The number of hydrogen-bond acceptors (Lipinski definition) is 3. The normalized spacial score (nSPS) is 15.2. The highest BCUT2D eigenvalue weighted by molar-refractivity contribution is 5.94. The zero-order valence-electron chi connectivity index (χ0n) is 9.59. The number of amides is 1. The molecule has 1 fully saturated rings. The number of hydrogen-bond donors (Lipinski definition) is 0. The lowest BCUT2D eigenvalue weighted by atomic mass is 10.2. The number of nitrogens with zero attached hydrogens (tertiary/aromatic N) is 1. The number of carbonyl (C=O) groups excluding carboxylic acids is 2. The molecule has 1 aliphatic rings. The largest absolute Gasteiger partial charge is 0.444 e. The van der Waals surface area contributed by atoms with Crippen molar-refractivity contribution in [2.45, 2.75) is 40.2 Å². The van der Waals surface area contributed by atoms with Crippen LogP contribution in [0.5, 0.6) is 0 Å². The van der Waals surface area contributed by atoms with Crippen molar-refractivity contribution in [2.24, 2.45) is 0 Å². The predicted octanol–water partition coefficient (Wildman–Crippen LogP) is 1.83. The molecule has 0 spiro atoms. The lowest BCUT2D eigenvalue weighted by Crippen LogP contribution is -2.52. The van der Waals surface area contributed by atoms with Gasteiger partial charge < -0.3 is 4.74 Å². The third-order valence-electron chi connectivity index (χ3n) is 1.39. The minimum atomic E-state index is -0.476. The van der Waals surface area contributed by atoms with E-state index in [2.05, 4.69) is 0 Å². The predicted molar refractivity (Wildman–Crippen MR) is 54.2 cm³/mol. The Balaban J connectivity index is 0.000000791. The molecule has 0 N–H and O–H groups in total. The van der Waals surface area contributed by atoms with Gasteiger partial charge >= 0.3 is 6.09 Å².